The highest BCUT2D eigenvalue weighted by Crippen LogP contribution is 2.27. The number of benzene rings is 2. The summed E-state index contributed by atoms with van der Waals surface area (Å²) in [5.74, 6) is 0. The molecular formula is C16H15N3O2S2. The van der Waals surface area contributed by atoms with Gasteiger partial charge < -0.3 is 5.32 Å². The summed E-state index contributed by atoms with van der Waals surface area (Å²) in [7, 11) is -3.26. The Labute approximate surface area is 139 Å². The molecule has 23 heavy (non-hydrogen) atoms. The van der Waals surface area contributed by atoms with Crippen LogP contribution >= 0.6 is 11.3 Å². The Balaban J connectivity index is 1.75. The standard InChI is InChI=1S/C16H15N3O2S2/c1-23(20,21)19-14-9-7-12(8-10-14)15-11-22-16(18-15)17-13-5-3-2-4-6-13/h2-11,19H,1H3,(H,17,18). The minimum atomic E-state index is -3.26. The Morgan fingerprint density at radius 2 is 1.65 bits per heavy atom. The molecule has 0 amide bonds. The average molecular weight is 345 g/mol. The summed E-state index contributed by atoms with van der Waals surface area (Å²) in [6.45, 7) is 0. The highest BCUT2D eigenvalue weighted by Gasteiger charge is 2.06. The van der Waals surface area contributed by atoms with Crippen LogP contribution in [-0.4, -0.2) is 19.7 Å². The number of hydrogen-bond acceptors (Lipinski definition) is 5. The third-order valence-electron chi connectivity index (χ3n) is 3.01. The normalized spacial score (nSPS) is 11.2. The van der Waals surface area contributed by atoms with E-state index >= 15 is 0 Å². The molecule has 0 saturated carbocycles. The molecule has 0 aliphatic carbocycles. The van der Waals surface area contributed by atoms with Crippen molar-refractivity contribution in [2.45, 2.75) is 0 Å². The van der Waals surface area contributed by atoms with E-state index in [0.29, 0.717) is 5.69 Å². The first-order valence-corrected chi connectivity index (χ1v) is 9.62. The van der Waals surface area contributed by atoms with Crippen LogP contribution in [0, 0.1) is 0 Å². The Morgan fingerprint density at radius 1 is 0.957 bits per heavy atom. The van der Waals surface area contributed by atoms with Crippen LogP contribution in [0.25, 0.3) is 11.3 Å². The van der Waals surface area contributed by atoms with Gasteiger partial charge in [0.25, 0.3) is 0 Å². The Hall–Kier alpha value is -2.38. The second-order valence-corrected chi connectivity index (χ2v) is 7.59. The van der Waals surface area contributed by atoms with Crippen molar-refractivity contribution in [1.82, 2.24) is 4.98 Å². The molecule has 1 aromatic heterocycles. The summed E-state index contributed by atoms with van der Waals surface area (Å²) in [5, 5.41) is 6.02. The predicted molar refractivity (Wildman–Crippen MR) is 95.7 cm³/mol. The minimum absolute atomic E-state index is 0.536. The predicted octanol–water partition coefficient (Wildman–Crippen LogP) is 3.93. The van der Waals surface area contributed by atoms with Gasteiger partial charge in [0.05, 0.1) is 11.9 Å². The molecule has 0 radical (unpaired) electrons. The van der Waals surface area contributed by atoms with Crippen LogP contribution in [-0.2, 0) is 10.0 Å². The van der Waals surface area contributed by atoms with Crippen LogP contribution in [0.5, 0.6) is 0 Å². The van der Waals surface area contributed by atoms with Gasteiger partial charge in [-0.25, -0.2) is 13.4 Å². The van der Waals surface area contributed by atoms with Gasteiger partial charge in [0, 0.05) is 22.3 Å². The molecule has 2 N–H and O–H groups in total. The van der Waals surface area contributed by atoms with Crippen molar-refractivity contribution in [3.05, 3.63) is 60.0 Å². The Kier molecular flexibility index (Phi) is 4.31. The molecule has 0 fully saturated rings. The van der Waals surface area contributed by atoms with E-state index in [9.17, 15) is 8.42 Å². The van der Waals surface area contributed by atoms with Gasteiger partial charge in [-0.3, -0.25) is 4.72 Å². The summed E-state index contributed by atoms with van der Waals surface area (Å²) in [6.07, 6.45) is 1.13. The molecule has 0 aliphatic rings. The molecule has 0 saturated heterocycles. The number of thiazole rings is 1. The van der Waals surface area contributed by atoms with E-state index in [-0.39, 0.29) is 0 Å². The van der Waals surface area contributed by atoms with Gasteiger partial charge in [0.1, 0.15) is 0 Å². The zero-order valence-electron chi connectivity index (χ0n) is 12.4. The fourth-order valence-corrected chi connectivity index (χ4v) is 3.34. The lowest BCUT2D eigenvalue weighted by molar-refractivity contribution is 0.607. The summed E-state index contributed by atoms with van der Waals surface area (Å²) in [6, 6.07) is 17.0. The van der Waals surface area contributed by atoms with Crippen LogP contribution in [0.3, 0.4) is 0 Å². The molecule has 7 heteroatoms. The van der Waals surface area contributed by atoms with Crippen molar-refractivity contribution >= 4 is 37.9 Å². The van der Waals surface area contributed by atoms with Crippen molar-refractivity contribution in [3.8, 4) is 11.3 Å². The van der Waals surface area contributed by atoms with E-state index in [1.54, 1.807) is 12.1 Å². The first kappa shape index (κ1) is 15.5. The Bertz CT molecular complexity index is 889. The summed E-state index contributed by atoms with van der Waals surface area (Å²) < 4.78 is 24.8. The second kappa shape index (κ2) is 6.39. The summed E-state index contributed by atoms with van der Waals surface area (Å²) in [5.41, 5.74) is 3.30. The first-order valence-electron chi connectivity index (χ1n) is 6.85. The van der Waals surface area contributed by atoms with E-state index in [4.69, 9.17) is 0 Å². The molecule has 0 aliphatic heterocycles. The third-order valence-corrected chi connectivity index (χ3v) is 4.38. The molecule has 1 heterocycles. The zero-order chi connectivity index (χ0) is 16.3. The molecule has 0 unspecified atom stereocenters. The van der Waals surface area contributed by atoms with Crippen LogP contribution in [0.4, 0.5) is 16.5 Å². The van der Waals surface area contributed by atoms with Crippen LogP contribution in [0.1, 0.15) is 0 Å². The van der Waals surface area contributed by atoms with Crippen molar-refractivity contribution in [2.24, 2.45) is 0 Å². The number of rotatable bonds is 5. The maximum Gasteiger partial charge on any atom is 0.229 e. The van der Waals surface area contributed by atoms with Crippen molar-refractivity contribution in [2.75, 3.05) is 16.3 Å². The van der Waals surface area contributed by atoms with E-state index in [1.807, 2.05) is 47.8 Å². The lowest BCUT2D eigenvalue weighted by Gasteiger charge is -2.04. The average Bonchev–Trinajstić information content (AvgIpc) is 2.96. The van der Waals surface area contributed by atoms with Gasteiger partial charge in [0.15, 0.2) is 5.13 Å². The highest BCUT2D eigenvalue weighted by atomic mass is 32.2. The molecular weight excluding hydrogens is 330 g/mol. The van der Waals surface area contributed by atoms with Gasteiger partial charge in [0.2, 0.25) is 10.0 Å². The first-order chi connectivity index (χ1) is 11.0. The number of sulfonamides is 1. The molecule has 5 nitrogen and oxygen atoms in total. The highest BCUT2D eigenvalue weighted by molar-refractivity contribution is 7.92. The molecule has 0 bridgehead atoms. The van der Waals surface area contributed by atoms with E-state index in [1.165, 1.54) is 11.3 Å². The number of aromatic nitrogens is 1. The quantitative estimate of drug-likeness (QED) is 0.735. The van der Waals surface area contributed by atoms with Crippen LogP contribution in [0.2, 0.25) is 0 Å². The Morgan fingerprint density at radius 3 is 2.30 bits per heavy atom. The molecule has 2 aromatic carbocycles. The molecule has 0 atom stereocenters. The number of para-hydroxylation sites is 1. The fraction of sp³-hybridized carbons (Fsp3) is 0.0625. The summed E-state index contributed by atoms with van der Waals surface area (Å²) >= 11 is 1.52. The monoisotopic (exact) mass is 345 g/mol. The van der Waals surface area contributed by atoms with Gasteiger partial charge in [-0.15, -0.1) is 11.3 Å². The maximum atomic E-state index is 11.2. The SMILES string of the molecule is CS(=O)(=O)Nc1ccc(-c2csc(Nc3ccccc3)n2)cc1. The maximum absolute atomic E-state index is 11.2. The molecule has 3 rings (SSSR count). The van der Waals surface area contributed by atoms with E-state index in [2.05, 4.69) is 15.0 Å². The van der Waals surface area contributed by atoms with Gasteiger partial charge >= 0.3 is 0 Å². The largest absolute Gasteiger partial charge is 0.332 e. The third kappa shape index (κ3) is 4.30. The van der Waals surface area contributed by atoms with Crippen LogP contribution in [0.15, 0.2) is 60.0 Å². The second-order valence-electron chi connectivity index (χ2n) is 4.98. The molecule has 118 valence electrons. The lowest BCUT2D eigenvalue weighted by Crippen LogP contribution is -2.09. The van der Waals surface area contributed by atoms with Crippen LogP contribution < -0.4 is 10.0 Å². The number of hydrogen-bond donors (Lipinski definition) is 2. The molecule has 3 aromatic rings. The van der Waals surface area contributed by atoms with Crippen molar-refractivity contribution < 1.29 is 8.42 Å². The number of anilines is 3. The van der Waals surface area contributed by atoms with Gasteiger partial charge in [-0.1, -0.05) is 30.3 Å². The number of nitrogens with zero attached hydrogens (tertiary/aromatic N) is 1. The van der Waals surface area contributed by atoms with E-state index < -0.39 is 10.0 Å². The summed E-state index contributed by atoms with van der Waals surface area (Å²) in [4.78, 5) is 4.55. The smallest absolute Gasteiger partial charge is 0.229 e. The number of nitrogens with one attached hydrogen (secondary N) is 2. The lowest BCUT2D eigenvalue weighted by atomic mass is 10.1. The van der Waals surface area contributed by atoms with Crippen molar-refractivity contribution in [3.63, 3.8) is 0 Å². The van der Waals surface area contributed by atoms with Gasteiger partial charge in [-0.05, 0) is 24.3 Å². The zero-order valence-corrected chi connectivity index (χ0v) is 14.0. The van der Waals surface area contributed by atoms with E-state index in [0.717, 1.165) is 28.3 Å². The van der Waals surface area contributed by atoms with Crippen molar-refractivity contribution in [1.29, 1.82) is 0 Å². The van der Waals surface area contributed by atoms with Gasteiger partial charge in [-0.2, -0.15) is 0 Å². The minimum Gasteiger partial charge on any atom is -0.332 e. The topological polar surface area (TPSA) is 71.1 Å². The molecule has 0 spiro atoms. The fourth-order valence-electron chi connectivity index (χ4n) is 2.03.